The molecule has 2 N–H and O–H groups in total. The smallest absolute Gasteiger partial charge is 0.399 e. The van der Waals surface area contributed by atoms with Gasteiger partial charge in [0.25, 0.3) is 0 Å². The van der Waals surface area contributed by atoms with Crippen LogP contribution in [0.1, 0.15) is 40.5 Å². The minimum atomic E-state index is -0.441. The van der Waals surface area contributed by atoms with Crippen LogP contribution in [0.3, 0.4) is 0 Å². The summed E-state index contributed by atoms with van der Waals surface area (Å²) in [7, 11) is -0.441. The molecule has 1 aliphatic heterocycles. The Morgan fingerprint density at radius 3 is 2.18 bits per heavy atom. The van der Waals surface area contributed by atoms with Crippen LogP contribution in [0.15, 0.2) is 11.7 Å². The SMILES string of the molecule is CC1(C)OB(/C(C=N)=C/NC2CC2)OC1(C)C. The zero-order valence-corrected chi connectivity index (χ0v) is 11.0. The van der Waals surface area contributed by atoms with Gasteiger partial charge >= 0.3 is 7.12 Å². The second-order valence-electron chi connectivity index (χ2n) is 5.82. The standard InChI is InChI=1S/C12H21BN2O2/c1-11(2)12(3,4)17-13(16-11)9(7-14)8-15-10-5-6-10/h7-8,10,14-15H,5-6H2,1-4H3/b9-8+,14-7?. The van der Waals surface area contributed by atoms with Gasteiger partial charge in [0.2, 0.25) is 0 Å². The van der Waals surface area contributed by atoms with Crippen molar-refractivity contribution in [2.45, 2.75) is 57.8 Å². The molecule has 17 heavy (non-hydrogen) atoms. The first-order chi connectivity index (χ1) is 7.86. The van der Waals surface area contributed by atoms with Crippen LogP contribution < -0.4 is 5.32 Å². The van der Waals surface area contributed by atoms with E-state index in [-0.39, 0.29) is 11.2 Å². The fourth-order valence-electron chi connectivity index (χ4n) is 1.62. The summed E-state index contributed by atoms with van der Waals surface area (Å²) in [4.78, 5) is 0. The van der Waals surface area contributed by atoms with E-state index in [0.29, 0.717) is 6.04 Å². The molecular formula is C12H21BN2O2. The van der Waals surface area contributed by atoms with Crippen molar-refractivity contribution < 1.29 is 9.31 Å². The summed E-state index contributed by atoms with van der Waals surface area (Å²) in [5, 5.41) is 10.7. The average molecular weight is 236 g/mol. The summed E-state index contributed by atoms with van der Waals surface area (Å²) in [6.45, 7) is 8.07. The maximum Gasteiger partial charge on any atom is 0.497 e. The van der Waals surface area contributed by atoms with E-state index < -0.39 is 7.12 Å². The van der Waals surface area contributed by atoms with Crippen molar-refractivity contribution in [1.82, 2.24) is 5.32 Å². The van der Waals surface area contributed by atoms with Crippen molar-refractivity contribution >= 4 is 13.3 Å². The van der Waals surface area contributed by atoms with Gasteiger partial charge in [-0.25, -0.2) is 0 Å². The highest BCUT2D eigenvalue weighted by Gasteiger charge is 2.52. The van der Waals surface area contributed by atoms with Crippen LogP contribution in [-0.2, 0) is 9.31 Å². The van der Waals surface area contributed by atoms with Crippen molar-refractivity contribution in [2.75, 3.05) is 0 Å². The third-order valence-corrected chi connectivity index (χ3v) is 3.76. The molecule has 0 aromatic carbocycles. The van der Waals surface area contributed by atoms with E-state index in [2.05, 4.69) is 5.32 Å². The second kappa shape index (κ2) is 4.14. The Hall–Kier alpha value is -0.805. The molecule has 2 rings (SSSR count). The lowest BCUT2D eigenvalue weighted by Gasteiger charge is -2.32. The fraction of sp³-hybridized carbons (Fsp3) is 0.750. The van der Waals surface area contributed by atoms with Gasteiger partial charge in [-0.15, -0.1) is 0 Å². The predicted molar refractivity (Wildman–Crippen MR) is 69.1 cm³/mol. The minimum absolute atomic E-state index is 0.348. The quantitative estimate of drug-likeness (QED) is 0.579. The Kier molecular flexibility index (Phi) is 3.08. The van der Waals surface area contributed by atoms with Crippen LogP contribution in [0.2, 0.25) is 0 Å². The van der Waals surface area contributed by atoms with Gasteiger partial charge in [0.1, 0.15) is 0 Å². The first-order valence-electron chi connectivity index (χ1n) is 6.18. The predicted octanol–water partition coefficient (Wildman–Crippen LogP) is 1.90. The van der Waals surface area contributed by atoms with Crippen molar-refractivity contribution in [3.63, 3.8) is 0 Å². The monoisotopic (exact) mass is 236 g/mol. The van der Waals surface area contributed by atoms with Gasteiger partial charge < -0.3 is 20.0 Å². The van der Waals surface area contributed by atoms with E-state index in [1.54, 1.807) is 0 Å². The highest BCUT2D eigenvalue weighted by molar-refractivity contribution is 6.60. The fourth-order valence-corrected chi connectivity index (χ4v) is 1.62. The lowest BCUT2D eigenvalue weighted by Crippen LogP contribution is -2.41. The Bertz CT molecular complexity index is 332. The average Bonchev–Trinajstić information content (AvgIpc) is 2.97. The summed E-state index contributed by atoms with van der Waals surface area (Å²) >= 11 is 0. The molecule has 0 amide bonds. The van der Waals surface area contributed by atoms with Gasteiger partial charge in [0.15, 0.2) is 0 Å². The molecular weight excluding hydrogens is 215 g/mol. The molecule has 94 valence electrons. The number of rotatable bonds is 4. The zero-order chi connectivity index (χ0) is 12.7. The summed E-state index contributed by atoms with van der Waals surface area (Å²) < 4.78 is 11.8. The van der Waals surface area contributed by atoms with Gasteiger partial charge in [0, 0.05) is 17.7 Å². The van der Waals surface area contributed by atoms with Crippen molar-refractivity contribution in [3.8, 4) is 0 Å². The van der Waals surface area contributed by atoms with Crippen LogP contribution in [0.5, 0.6) is 0 Å². The molecule has 5 heteroatoms. The maximum absolute atomic E-state index is 7.45. The first kappa shape index (κ1) is 12.6. The van der Waals surface area contributed by atoms with Gasteiger partial charge in [-0.1, -0.05) is 0 Å². The van der Waals surface area contributed by atoms with Crippen LogP contribution in [-0.4, -0.2) is 30.6 Å². The van der Waals surface area contributed by atoms with Gasteiger partial charge in [-0.3, -0.25) is 0 Å². The van der Waals surface area contributed by atoms with E-state index in [1.165, 1.54) is 19.1 Å². The number of allylic oxidation sites excluding steroid dienone is 1. The molecule has 0 bridgehead atoms. The number of hydrogen-bond acceptors (Lipinski definition) is 4. The van der Waals surface area contributed by atoms with Crippen molar-refractivity contribution in [3.05, 3.63) is 11.7 Å². The second-order valence-corrected chi connectivity index (χ2v) is 5.82. The van der Waals surface area contributed by atoms with Gasteiger partial charge in [-0.05, 0) is 46.7 Å². The minimum Gasteiger partial charge on any atom is -0.399 e. The molecule has 0 radical (unpaired) electrons. The van der Waals surface area contributed by atoms with Crippen molar-refractivity contribution in [1.29, 1.82) is 5.41 Å². The highest BCUT2D eigenvalue weighted by atomic mass is 16.7. The van der Waals surface area contributed by atoms with Crippen LogP contribution in [0, 0.1) is 5.41 Å². The van der Waals surface area contributed by atoms with E-state index in [9.17, 15) is 0 Å². The molecule has 2 fully saturated rings. The molecule has 1 saturated heterocycles. The molecule has 0 spiro atoms. The Balaban J connectivity index is 2.06. The summed E-state index contributed by atoms with van der Waals surface area (Å²) in [6.07, 6.45) is 5.58. The lowest BCUT2D eigenvalue weighted by atomic mass is 9.79. The van der Waals surface area contributed by atoms with E-state index in [4.69, 9.17) is 14.7 Å². The summed E-state index contributed by atoms with van der Waals surface area (Å²) in [5.74, 6) is 0. The van der Waals surface area contributed by atoms with E-state index >= 15 is 0 Å². The summed E-state index contributed by atoms with van der Waals surface area (Å²) in [6, 6.07) is 0.576. The topological polar surface area (TPSA) is 54.3 Å². The maximum atomic E-state index is 7.45. The van der Waals surface area contributed by atoms with E-state index in [1.807, 2.05) is 33.9 Å². The molecule has 0 unspecified atom stereocenters. The molecule has 0 aromatic heterocycles. The normalized spacial score (nSPS) is 27.1. The molecule has 1 saturated carbocycles. The largest absolute Gasteiger partial charge is 0.497 e. The molecule has 2 aliphatic rings. The Labute approximate surface area is 103 Å². The van der Waals surface area contributed by atoms with E-state index in [0.717, 1.165) is 5.47 Å². The third kappa shape index (κ3) is 2.55. The van der Waals surface area contributed by atoms with Crippen molar-refractivity contribution in [2.24, 2.45) is 0 Å². The number of nitrogens with one attached hydrogen (secondary N) is 2. The molecule has 4 nitrogen and oxygen atoms in total. The van der Waals surface area contributed by atoms with Gasteiger partial charge in [-0.2, -0.15) is 0 Å². The Morgan fingerprint density at radius 1 is 1.24 bits per heavy atom. The molecule has 1 aliphatic carbocycles. The molecule has 1 heterocycles. The first-order valence-corrected chi connectivity index (χ1v) is 6.18. The molecule has 0 atom stereocenters. The van der Waals surface area contributed by atoms with Crippen LogP contribution in [0.4, 0.5) is 0 Å². The third-order valence-electron chi connectivity index (χ3n) is 3.76. The molecule has 0 aromatic rings. The summed E-state index contributed by atoms with van der Waals surface area (Å²) in [5.41, 5.74) is 0.0501. The van der Waals surface area contributed by atoms with Gasteiger partial charge in [0.05, 0.1) is 11.2 Å². The lowest BCUT2D eigenvalue weighted by molar-refractivity contribution is 0.00578. The van der Waals surface area contributed by atoms with Crippen LogP contribution >= 0.6 is 0 Å². The van der Waals surface area contributed by atoms with Crippen LogP contribution in [0.25, 0.3) is 0 Å². The zero-order valence-electron chi connectivity index (χ0n) is 11.0. The Morgan fingerprint density at radius 2 is 1.76 bits per heavy atom. The highest BCUT2D eigenvalue weighted by Crippen LogP contribution is 2.38. The number of hydrogen-bond donors (Lipinski definition) is 2.